The van der Waals surface area contributed by atoms with Crippen molar-refractivity contribution in [2.24, 2.45) is 0 Å². The van der Waals surface area contributed by atoms with Gasteiger partial charge in [-0.25, -0.2) is 0 Å². The Hall–Kier alpha value is -1.48. The molecule has 0 amide bonds. The van der Waals surface area contributed by atoms with E-state index in [-0.39, 0.29) is 0 Å². The van der Waals surface area contributed by atoms with Crippen LogP contribution in [0, 0.1) is 6.92 Å². The van der Waals surface area contributed by atoms with Gasteiger partial charge in [-0.2, -0.15) is 0 Å². The second kappa shape index (κ2) is 5.88. The second-order valence-electron chi connectivity index (χ2n) is 5.35. The fraction of sp³-hybridized carbons (Fsp3) is 0.353. The van der Waals surface area contributed by atoms with Crippen LogP contribution in [0.1, 0.15) is 24.6 Å². The first-order chi connectivity index (χ1) is 9.74. The van der Waals surface area contributed by atoms with Gasteiger partial charge in [0.25, 0.3) is 0 Å². The lowest BCUT2D eigenvalue weighted by molar-refractivity contribution is 0.726. The molecule has 1 aliphatic heterocycles. The first kappa shape index (κ1) is 13.5. The molecule has 3 rings (SSSR count). The summed E-state index contributed by atoms with van der Waals surface area (Å²) in [5.74, 6) is 0. The standard InChI is InChI=1S/C17H20N2S/c1-13-9-11-19(12-15-6-5-10-18-14(15)2)16-7-3-4-8-17(16)20-13/h3-8,10,13H,9,11-12H2,1-2H3. The molecule has 20 heavy (non-hydrogen) atoms. The Morgan fingerprint density at radius 1 is 1.25 bits per heavy atom. The van der Waals surface area contributed by atoms with Gasteiger partial charge in [0.1, 0.15) is 0 Å². The summed E-state index contributed by atoms with van der Waals surface area (Å²) in [6.07, 6.45) is 3.09. The molecular weight excluding hydrogens is 264 g/mol. The average molecular weight is 284 g/mol. The number of thioether (sulfide) groups is 1. The molecule has 0 fully saturated rings. The molecule has 0 spiro atoms. The van der Waals surface area contributed by atoms with Crippen molar-refractivity contribution in [2.75, 3.05) is 11.4 Å². The monoisotopic (exact) mass is 284 g/mol. The minimum absolute atomic E-state index is 0.677. The number of hydrogen-bond donors (Lipinski definition) is 0. The van der Waals surface area contributed by atoms with Crippen LogP contribution in [0.15, 0.2) is 47.5 Å². The lowest BCUT2D eigenvalue weighted by atomic mass is 10.1. The fourth-order valence-electron chi connectivity index (χ4n) is 2.61. The lowest BCUT2D eigenvalue weighted by Gasteiger charge is -2.25. The third-order valence-corrected chi connectivity index (χ3v) is 5.05. The Kier molecular flexibility index (Phi) is 3.97. The summed E-state index contributed by atoms with van der Waals surface area (Å²) in [4.78, 5) is 8.30. The topological polar surface area (TPSA) is 16.1 Å². The molecule has 2 heterocycles. The van der Waals surface area contributed by atoms with Crippen molar-refractivity contribution in [3.05, 3.63) is 53.9 Å². The van der Waals surface area contributed by atoms with E-state index in [9.17, 15) is 0 Å². The summed E-state index contributed by atoms with van der Waals surface area (Å²) in [6.45, 7) is 6.47. The number of benzene rings is 1. The lowest BCUT2D eigenvalue weighted by Crippen LogP contribution is -2.24. The molecule has 0 aliphatic carbocycles. The number of para-hydroxylation sites is 1. The van der Waals surface area contributed by atoms with Crippen LogP contribution in [-0.4, -0.2) is 16.8 Å². The normalized spacial score (nSPS) is 18.5. The van der Waals surface area contributed by atoms with Gasteiger partial charge in [-0.15, -0.1) is 11.8 Å². The van der Waals surface area contributed by atoms with Crippen molar-refractivity contribution in [3.8, 4) is 0 Å². The summed E-state index contributed by atoms with van der Waals surface area (Å²) in [7, 11) is 0. The summed E-state index contributed by atoms with van der Waals surface area (Å²) in [5.41, 5.74) is 3.82. The Morgan fingerprint density at radius 3 is 2.95 bits per heavy atom. The van der Waals surface area contributed by atoms with Crippen LogP contribution in [0.5, 0.6) is 0 Å². The summed E-state index contributed by atoms with van der Waals surface area (Å²) < 4.78 is 0. The van der Waals surface area contributed by atoms with Crippen LogP contribution in [0.25, 0.3) is 0 Å². The second-order valence-corrected chi connectivity index (χ2v) is 6.83. The molecule has 0 saturated heterocycles. The van der Waals surface area contributed by atoms with Crippen molar-refractivity contribution in [1.82, 2.24) is 4.98 Å². The van der Waals surface area contributed by atoms with Gasteiger partial charge in [0.05, 0.1) is 5.69 Å². The molecule has 1 aromatic carbocycles. The minimum atomic E-state index is 0.677. The predicted molar refractivity (Wildman–Crippen MR) is 86.4 cm³/mol. The maximum absolute atomic E-state index is 4.41. The Morgan fingerprint density at radius 2 is 2.10 bits per heavy atom. The molecule has 0 radical (unpaired) electrons. The molecule has 0 saturated carbocycles. The number of rotatable bonds is 2. The van der Waals surface area contributed by atoms with Crippen molar-refractivity contribution in [3.63, 3.8) is 0 Å². The Labute approximate surface area is 125 Å². The zero-order chi connectivity index (χ0) is 13.9. The third-order valence-electron chi connectivity index (χ3n) is 3.82. The van der Waals surface area contributed by atoms with E-state index in [4.69, 9.17) is 0 Å². The smallest absolute Gasteiger partial charge is 0.0507 e. The van der Waals surface area contributed by atoms with Crippen molar-refractivity contribution in [1.29, 1.82) is 0 Å². The van der Waals surface area contributed by atoms with Gasteiger partial charge in [0.2, 0.25) is 0 Å². The van der Waals surface area contributed by atoms with Crippen molar-refractivity contribution < 1.29 is 0 Å². The van der Waals surface area contributed by atoms with E-state index < -0.39 is 0 Å². The first-order valence-corrected chi connectivity index (χ1v) is 8.03. The SMILES string of the molecule is Cc1ncccc1CN1CCC(C)Sc2ccccc21. The largest absolute Gasteiger partial charge is 0.366 e. The highest BCUT2D eigenvalue weighted by Gasteiger charge is 2.19. The van der Waals surface area contributed by atoms with Gasteiger partial charge in [0, 0.05) is 35.1 Å². The fourth-order valence-corrected chi connectivity index (χ4v) is 3.74. The van der Waals surface area contributed by atoms with Crippen LogP contribution < -0.4 is 4.90 Å². The molecule has 0 bridgehead atoms. The van der Waals surface area contributed by atoms with Crippen LogP contribution in [0.2, 0.25) is 0 Å². The molecule has 0 N–H and O–H groups in total. The summed E-state index contributed by atoms with van der Waals surface area (Å²) in [6, 6.07) is 13.0. The van der Waals surface area contributed by atoms with E-state index in [1.165, 1.54) is 22.6 Å². The van der Waals surface area contributed by atoms with Gasteiger partial charge in [-0.1, -0.05) is 25.1 Å². The van der Waals surface area contributed by atoms with Gasteiger partial charge in [0.15, 0.2) is 0 Å². The maximum atomic E-state index is 4.41. The zero-order valence-corrected chi connectivity index (χ0v) is 12.9. The summed E-state index contributed by atoms with van der Waals surface area (Å²) in [5, 5.41) is 0.677. The number of fused-ring (bicyclic) bond motifs is 1. The Balaban J connectivity index is 1.92. The minimum Gasteiger partial charge on any atom is -0.366 e. The van der Waals surface area contributed by atoms with Gasteiger partial charge in [-0.3, -0.25) is 4.98 Å². The van der Waals surface area contributed by atoms with E-state index in [2.05, 4.69) is 54.1 Å². The highest BCUT2D eigenvalue weighted by molar-refractivity contribution is 8.00. The van der Waals surface area contributed by atoms with E-state index in [1.54, 1.807) is 0 Å². The zero-order valence-electron chi connectivity index (χ0n) is 12.0. The maximum Gasteiger partial charge on any atom is 0.0507 e. The number of nitrogens with zero attached hydrogens (tertiary/aromatic N) is 2. The molecule has 1 unspecified atom stereocenters. The van der Waals surface area contributed by atoms with Gasteiger partial charge < -0.3 is 4.90 Å². The van der Waals surface area contributed by atoms with Crippen molar-refractivity contribution in [2.45, 2.75) is 37.0 Å². The molecular formula is C17H20N2S. The first-order valence-electron chi connectivity index (χ1n) is 7.15. The Bertz CT molecular complexity index is 597. The highest BCUT2D eigenvalue weighted by atomic mass is 32.2. The molecule has 104 valence electrons. The summed E-state index contributed by atoms with van der Waals surface area (Å²) >= 11 is 1.99. The van der Waals surface area contributed by atoms with Crippen molar-refractivity contribution >= 4 is 17.4 Å². The number of hydrogen-bond acceptors (Lipinski definition) is 3. The van der Waals surface area contributed by atoms with Crippen LogP contribution in [-0.2, 0) is 6.54 Å². The number of anilines is 1. The molecule has 1 aliphatic rings. The molecule has 3 heteroatoms. The van der Waals surface area contributed by atoms with Crippen LogP contribution >= 0.6 is 11.8 Å². The van der Waals surface area contributed by atoms with E-state index >= 15 is 0 Å². The third kappa shape index (κ3) is 2.83. The van der Waals surface area contributed by atoms with E-state index in [1.807, 2.05) is 24.0 Å². The van der Waals surface area contributed by atoms with Crippen LogP contribution in [0.3, 0.4) is 0 Å². The number of aromatic nitrogens is 1. The molecule has 2 aromatic rings. The quantitative estimate of drug-likeness (QED) is 0.819. The highest BCUT2D eigenvalue weighted by Crippen LogP contribution is 2.37. The van der Waals surface area contributed by atoms with Gasteiger partial charge >= 0.3 is 0 Å². The number of pyridine rings is 1. The van der Waals surface area contributed by atoms with Crippen LogP contribution in [0.4, 0.5) is 5.69 Å². The molecule has 1 atom stereocenters. The van der Waals surface area contributed by atoms with Gasteiger partial charge in [-0.05, 0) is 37.1 Å². The average Bonchev–Trinajstić information content (AvgIpc) is 2.61. The molecule has 2 nitrogen and oxygen atoms in total. The van der Waals surface area contributed by atoms with E-state index in [0.29, 0.717) is 5.25 Å². The van der Waals surface area contributed by atoms with E-state index in [0.717, 1.165) is 18.8 Å². The molecule has 1 aromatic heterocycles. The predicted octanol–water partition coefficient (Wildman–Crippen LogP) is 4.28. The number of aryl methyl sites for hydroxylation is 1.